The van der Waals surface area contributed by atoms with E-state index in [0.29, 0.717) is 4.47 Å². The topological polar surface area (TPSA) is 20.3 Å². The molecular formula is C13H15BrFNO. The van der Waals surface area contributed by atoms with E-state index in [1.807, 2.05) is 12.1 Å². The molecule has 2 nitrogen and oxygen atoms in total. The quantitative estimate of drug-likeness (QED) is 0.800. The summed E-state index contributed by atoms with van der Waals surface area (Å²) in [5, 5.41) is 0. The van der Waals surface area contributed by atoms with Crippen LogP contribution in [0.4, 0.5) is 4.39 Å². The van der Waals surface area contributed by atoms with E-state index in [-0.39, 0.29) is 11.7 Å². The van der Waals surface area contributed by atoms with Crippen LogP contribution in [-0.4, -0.2) is 24.3 Å². The first-order chi connectivity index (χ1) is 8.19. The molecule has 0 aromatic heterocycles. The van der Waals surface area contributed by atoms with Crippen molar-refractivity contribution in [3.05, 3.63) is 34.1 Å². The van der Waals surface area contributed by atoms with Gasteiger partial charge in [0, 0.05) is 12.5 Å². The fourth-order valence-corrected chi connectivity index (χ4v) is 2.57. The van der Waals surface area contributed by atoms with Crippen molar-refractivity contribution in [2.45, 2.75) is 19.4 Å². The Kier molecular flexibility index (Phi) is 4.29. The molecule has 0 bridgehead atoms. The molecule has 1 aliphatic heterocycles. The van der Waals surface area contributed by atoms with Crippen molar-refractivity contribution in [1.29, 1.82) is 0 Å². The molecule has 1 fully saturated rings. The van der Waals surface area contributed by atoms with Crippen molar-refractivity contribution in [1.82, 2.24) is 4.90 Å². The van der Waals surface area contributed by atoms with E-state index < -0.39 is 0 Å². The van der Waals surface area contributed by atoms with Crippen molar-refractivity contribution < 1.29 is 9.18 Å². The largest absolute Gasteiger partial charge is 0.303 e. The molecule has 92 valence electrons. The van der Waals surface area contributed by atoms with E-state index >= 15 is 0 Å². The number of likely N-dealkylation sites (tertiary alicyclic amines) is 1. The minimum absolute atomic E-state index is 0.228. The molecule has 0 amide bonds. The molecule has 1 aromatic rings. The predicted octanol–water partition coefficient (Wildman–Crippen LogP) is 3.00. The molecular weight excluding hydrogens is 285 g/mol. The van der Waals surface area contributed by atoms with Gasteiger partial charge in [-0.2, -0.15) is 0 Å². The van der Waals surface area contributed by atoms with Crippen LogP contribution in [0.1, 0.15) is 18.4 Å². The van der Waals surface area contributed by atoms with Gasteiger partial charge >= 0.3 is 0 Å². The third-order valence-corrected chi connectivity index (χ3v) is 3.82. The third kappa shape index (κ3) is 3.36. The van der Waals surface area contributed by atoms with E-state index in [9.17, 15) is 9.18 Å². The van der Waals surface area contributed by atoms with Gasteiger partial charge in [0.25, 0.3) is 0 Å². The molecule has 1 aliphatic rings. The summed E-state index contributed by atoms with van der Waals surface area (Å²) in [6.45, 7) is 2.71. The Bertz CT molecular complexity index is 402. The van der Waals surface area contributed by atoms with E-state index in [1.54, 1.807) is 0 Å². The van der Waals surface area contributed by atoms with Crippen LogP contribution in [0.25, 0.3) is 0 Å². The molecule has 0 spiro atoms. The predicted molar refractivity (Wildman–Crippen MR) is 68.2 cm³/mol. The summed E-state index contributed by atoms with van der Waals surface area (Å²) in [5.41, 5.74) is 1.10. The minimum atomic E-state index is -0.228. The van der Waals surface area contributed by atoms with E-state index in [4.69, 9.17) is 0 Å². The number of hydrogen-bond donors (Lipinski definition) is 0. The van der Waals surface area contributed by atoms with Crippen LogP contribution in [0.5, 0.6) is 0 Å². The van der Waals surface area contributed by atoms with Crippen LogP contribution in [0.2, 0.25) is 0 Å². The van der Waals surface area contributed by atoms with Crippen LogP contribution >= 0.6 is 15.9 Å². The van der Waals surface area contributed by atoms with Gasteiger partial charge in [0.15, 0.2) is 0 Å². The first-order valence-corrected chi connectivity index (χ1v) is 6.60. The fourth-order valence-electron chi connectivity index (χ4n) is 2.14. The van der Waals surface area contributed by atoms with Gasteiger partial charge in [-0.15, -0.1) is 0 Å². The molecule has 0 saturated carbocycles. The zero-order valence-electron chi connectivity index (χ0n) is 9.53. The summed E-state index contributed by atoms with van der Waals surface area (Å²) < 4.78 is 13.6. The summed E-state index contributed by atoms with van der Waals surface area (Å²) in [4.78, 5) is 12.9. The van der Waals surface area contributed by atoms with Crippen LogP contribution < -0.4 is 0 Å². The van der Waals surface area contributed by atoms with Gasteiger partial charge in [-0.25, -0.2) is 4.39 Å². The maximum absolute atomic E-state index is 13.1. The lowest BCUT2D eigenvalue weighted by Gasteiger charge is -2.29. The molecule has 1 heterocycles. The lowest BCUT2D eigenvalue weighted by atomic mass is 9.98. The zero-order valence-corrected chi connectivity index (χ0v) is 11.1. The summed E-state index contributed by atoms with van der Waals surface area (Å²) in [5.74, 6) is -0.000355. The highest BCUT2D eigenvalue weighted by molar-refractivity contribution is 9.10. The van der Waals surface area contributed by atoms with E-state index in [2.05, 4.69) is 20.8 Å². The first kappa shape index (κ1) is 12.7. The highest BCUT2D eigenvalue weighted by Gasteiger charge is 2.18. The average molecular weight is 300 g/mol. The molecule has 2 rings (SSSR count). The van der Waals surface area contributed by atoms with Crippen molar-refractivity contribution >= 4 is 22.2 Å². The standard InChI is InChI=1S/C13H15BrFNO/c14-12-7-11(1-2-13(12)15)8-16-5-3-10(9-17)4-6-16/h1-2,7,9-10H,3-6,8H2. The Labute approximate surface area is 109 Å². The number of piperidine rings is 1. The normalized spacial score (nSPS) is 18.2. The second-order valence-electron chi connectivity index (χ2n) is 4.50. The second-order valence-corrected chi connectivity index (χ2v) is 5.35. The molecule has 4 heteroatoms. The summed E-state index contributed by atoms with van der Waals surface area (Å²) in [6, 6.07) is 5.12. The van der Waals surface area contributed by atoms with Crippen LogP contribution in [0.3, 0.4) is 0 Å². The molecule has 0 N–H and O–H groups in total. The van der Waals surface area contributed by atoms with Crippen molar-refractivity contribution in [2.75, 3.05) is 13.1 Å². The summed E-state index contributed by atoms with van der Waals surface area (Å²) >= 11 is 3.19. The van der Waals surface area contributed by atoms with Crippen LogP contribution in [0.15, 0.2) is 22.7 Å². The maximum atomic E-state index is 13.1. The molecule has 0 unspecified atom stereocenters. The smallest absolute Gasteiger partial charge is 0.137 e. The number of carbonyl (C=O) groups excluding carboxylic acids is 1. The van der Waals surface area contributed by atoms with Crippen LogP contribution in [-0.2, 0) is 11.3 Å². The van der Waals surface area contributed by atoms with E-state index in [1.165, 1.54) is 6.07 Å². The van der Waals surface area contributed by atoms with Crippen molar-refractivity contribution in [2.24, 2.45) is 5.92 Å². The highest BCUT2D eigenvalue weighted by Crippen LogP contribution is 2.20. The lowest BCUT2D eigenvalue weighted by molar-refractivity contribution is -0.112. The van der Waals surface area contributed by atoms with Gasteiger partial charge in [0.1, 0.15) is 12.1 Å². The number of nitrogens with zero attached hydrogens (tertiary/aromatic N) is 1. The van der Waals surface area contributed by atoms with Crippen molar-refractivity contribution in [3.8, 4) is 0 Å². The second kappa shape index (κ2) is 5.74. The molecule has 0 atom stereocenters. The zero-order chi connectivity index (χ0) is 12.3. The van der Waals surface area contributed by atoms with Gasteiger partial charge in [0.05, 0.1) is 4.47 Å². The maximum Gasteiger partial charge on any atom is 0.137 e. The number of halogens is 2. The Morgan fingerprint density at radius 2 is 2.12 bits per heavy atom. The number of aldehydes is 1. The summed E-state index contributed by atoms with van der Waals surface area (Å²) in [6.07, 6.45) is 2.93. The van der Waals surface area contributed by atoms with Gasteiger partial charge in [-0.1, -0.05) is 6.07 Å². The van der Waals surface area contributed by atoms with Crippen LogP contribution in [0, 0.1) is 11.7 Å². The van der Waals surface area contributed by atoms with E-state index in [0.717, 1.165) is 44.3 Å². The van der Waals surface area contributed by atoms with Gasteiger partial charge in [-0.05, 0) is 59.6 Å². The Morgan fingerprint density at radius 3 is 2.71 bits per heavy atom. The number of carbonyl (C=O) groups is 1. The molecule has 17 heavy (non-hydrogen) atoms. The van der Waals surface area contributed by atoms with Crippen molar-refractivity contribution in [3.63, 3.8) is 0 Å². The molecule has 0 radical (unpaired) electrons. The Balaban J connectivity index is 1.93. The SMILES string of the molecule is O=CC1CCN(Cc2ccc(F)c(Br)c2)CC1. The minimum Gasteiger partial charge on any atom is -0.303 e. The fraction of sp³-hybridized carbons (Fsp3) is 0.462. The first-order valence-electron chi connectivity index (χ1n) is 5.80. The molecule has 0 aliphatic carbocycles. The molecule has 1 aromatic carbocycles. The monoisotopic (exact) mass is 299 g/mol. The lowest BCUT2D eigenvalue weighted by Crippen LogP contribution is -2.33. The number of hydrogen-bond acceptors (Lipinski definition) is 2. The molecule has 1 saturated heterocycles. The van der Waals surface area contributed by atoms with Gasteiger partial charge in [0.2, 0.25) is 0 Å². The number of rotatable bonds is 3. The number of benzene rings is 1. The summed E-state index contributed by atoms with van der Waals surface area (Å²) in [7, 11) is 0. The Morgan fingerprint density at radius 1 is 1.41 bits per heavy atom. The third-order valence-electron chi connectivity index (χ3n) is 3.21. The van der Waals surface area contributed by atoms with Gasteiger partial charge < -0.3 is 4.79 Å². The average Bonchev–Trinajstić information content (AvgIpc) is 2.35. The van der Waals surface area contributed by atoms with Gasteiger partial charge in [-0.3, -0.25) is 4.90 Å². The highest BCUT2D eigenvalue weighted by atomic mass is 79.9. The Hall–Kier alpha value is -0.740.